The lowest BCUT2D eigenvalue weighted by atomic mass is 9.96. The van der Waals surface area contributed by atoms with Crippen LogP contribution in [0.5, 0.6) is 11.5 Å². The van der Waals surface area contributed by atoms with Crippen molar-refractivity contribution in [1.29, 1.82) is 0 Å². The van der Waals surface area contributed by atoms with E-state index in [1.165, 1.54) is 23.3 Å². The van der Waals surface area contributed by atoms with Gasteiger partial charge in [-0.2, -0.15) is 4.37 Å². The molecule has 38 heavy (non-hydrogen) atoms. The number of nitrogens with zero attached hydrogens (tertiary/aromatic N) is 6. The second kappa shape index (κ2) is 12.3. The van der Waals surface area contributed by atoms with E-state index < -0.39 is 0 Å². The first-order chi connectivity index (χ1) is 18.5. The van der Waals surface area contributed by atoms with Gasteiger partial charge in [0.2, 0.25) is 11.0 Å². The van der Waals surface area contributed by atoms with Gasteiger partial charge >= 0.3 is 0 Å². The number of pyridine rings is 2. The Morgan fingerprint density at radius 1 is 1.13 bits per heavy atom. The standard InChI is InChI=1S/C27H29N7O2S2/c1-33(2)24(35)18-34-14-11-19(12-15-34)25-30-27(38-32-25)31-26-22(36-20-8-4-3-5-9-20)16-21(17-29-26)37-23-10-6-7-13-28-23/h3-10,13,16-17,19H,11-12,14-15,18H2,1-2H3,(H,29,30,31,32). The molecule has 4 heterocycles. The number of hydrogen-bond donors (Lipinski definition) is 1. The van der Waals surface area contributed by atoms with Gasteiger partial charge in [-0.15, -0.1) is 0 Å². The molecule has 0 bridgehead atoms. The van der Waals surface area contributed by atoms with Gasteiger partial charge in [0, 0.05) is 54.9 Å². The van der Waals surface area contributed by atoms with Crippen LogP contribution in [0.15, 0.2) is 76.9 Å². The molecule has 4 aromatic rings. The molecular formula is C27H29N7O2S2. The summed E-state index contributed by atoms with van der Waals surface area (Å²) in [5.41, 5.74) is 0. The summed E-state index contributed by atoms with van der Waals surface area (Å²) < 4.78 is 10.8. The zero-order valence-electron chi connectivity index (χ0n) is 21.3. The number of hydrogen-bond acceptors (Lipinski definition) is 10. The fourth-order valence-electron chi connectivity index (χ4n) is 4.03. The Labute approximate surface area is 230 Å². The molecule has 1 aliphatic rings. The average molecular weight is 548 g/mol. The maximum absolute atomic E-state index is 12.0. The summed E-state index contributed by atoms with van der Waals surface area (Å²) in [6, 6.07) is 17.4. The number of piperidine rings is 1. The number of ether oxygens (including phenoxy) is 1. The Hall–Kier alpha value is -3.54. The number of carbonyl (C=O) groups is 1. The van der Waals surface area contributed by atoms with Crippen molar-refractivity contribution < 1.29 is 9.53 Å². The van der Waals surface area contributed by atoms with Crippen molar-refractivity contribution in [1.82, 2.24) is 29.1 Å². The van der Waals surface area contributed by atoms with Crippen LogP contribution in [0.25, 0.3) is 0 Å². The first-order valence-corrected chi connectivity index (χ1v) is 14.0. The maximum Gasteiger partial charge on any atom is 0.236 e. The third-order valence-electron chi connectivity index (χ3n) is 6.14. The van der Waals surface area contributed by atoms with Gasteiger partial charge in [-0.25, -0.2) is 15.0 Å². The van der Waals surface area contributed by atoms with Crippen LogP contribution in [0.2, 0.25) is 0 Å². The highest BCUT2D eigenvalue weighted by Crippen LogP contribution is 2.36. The summed E-state index contributed by atoms with van der Waals surface area (Å²) in [6.45, 7) is 2.18. The minimum atomic E-state index is 0.132. The number of amides is 1. The first-order valence-electron chi connectivity index (χ1n) is 12.4. The first kappa shape index (κ1) is 26.1. The van der Waals surface area contributed by atoms with Gasteiger partial charge in [-0.3, -0.25) is 9.69 Å². The molecular weight excluding hydrogens is 518 g/mol. The topological polar surface area (TPSA) is 96.4 Å². The predicted octanol–water partition coefficient (Wildman–Crippen LogP) is 5.28. The molecule has 1 aliphatic heterocycles. The SMILES string of the molecule is CN(C)C(=O)CN1CCC(c2nsc(Nc3ncc(Sc4ccccn4)cc3Oc3ccccc3)n2)CC1. The van der Waals surface area contributed by atoms with E-state index in [9.17, 15) is 4.79 Å². The minimum absolute atomic E-state index is 0.132. The van der Waals surface area contributed by atoms with Gasteiger partial charge in [-0.05, 0) is 50.2 Å². The van der Waals surface area contributed by atoms with Crippen molar-refractivity contribution in [3.63, 3.8) is 0 Å². The lowest BCUT2D eigenvalue weighted by Gasteiger charge is -2.30. The zero-order valence-corrected chi connectivity index (χ0v) is 22.9. The molecule has 0 radical (unpaired) electrons. The predicted molar refractivity (Wildman–Crippen MR) is 149 cm³/mol. The summed E-state index contributed by atoms with van der Waals surface area (Å²) in [7, 11) is 3.59. The molecule has 1 aromatic carbocycles. The van der Waals surface area contributed by atoms with E-state index in [4.69, 9.17) is 9.72 Å². The minimum Gasteiger partial charge on any atom is -0.453 e. The molecule has 0 aliphatic carbocycles. The van der Waals surface area contributed by atoms with Gasteiger partial charge in [0.1, 0.15) is 16.6 Å². The summed E-state index contributed by atoms with van der Waals surface area (Å²) in [5, 5.41) is 4.86. The van der Waals surface area contributed by atoms with Crippen molar-refractivity contribution >= 4 is 40.2 Å². The molecule has 1 saturated heterocycles. The van der Waals surface area contributed by atoms with E-state index in [-0.39, 0.29) is 11.8 Å². The average Bonchev–Trinajstić information content (AvgIpc) is 3.40. The lowest BCUT2D eigenvalue weighted by Crippen LogP contribution is -2.40. The Morgan fingerprint density at radius 2 is 1.92 bits per heavy atom. The van der Waals surface area contributed by atoms with Gasteiger partial charge < -0.3 is 15.0 Å². The van der Waals surface area contributed by atoms with E-state index in [0.29, 0.717) is 23.2 Å². The quantitative estimate of drug-likeness (QED) is 0.300. The van der Waals surface area contributed by atoms with Gasteiger partial charge in [-0.1, -0.05) is 36.0 Å². The molecule has 3 aromatic heterocycles. The van der Waals surface area contributed by atoms with Gasteiger partial charge in [0.15, 0.2) is 11.6 Å². The monoisotopic (exact) mass is 547 g/mol. The third-order valence-corrected chi connectivity index (χ3v) is 7.69. The summed E-state index contributed by atoms with van der Waals surface area (Å²) >= 11 is 2.84. The number of likely N-dealkylation sites (N-methyl/N-ethyl adjacent to an activating group) is 1. The van der Waals surface area contributed by atoms with Crippen LogP contribution >= 0.6 is 23.3 Å². The summed E-state index contributed by atoms with van der Waals surface area (Å²) in [6.07, 6.45) is 5.42. The smallest absolute Gasteiger partial charge is 0.236 e. The Kier molecular flexibility index (Phi) is 8.47. The maximum atomic E-state index is 12.0. The molecule has 0 spiro atoms. The van der Waals surface area contributed by atoms with Crippen molar-refractivity contribution in [2.45, 2.75) is 28.7 Å². The van der Waals surface area contributed by atoms with E-state index in [0.717, 1.165) is 47.4 Å². The van der Waals surface area contributed by atoms with Gasteiger partial charge in [0.05, 0.1) is 6.54 Å². The van der Waals surface area contributed by atoms with Crippen LogP contribution < -0.4 is 10.1 Å². The molecule has 1 N–H and O–H groups in total. The highest BCUT2D eigenvalue weighted by atomic mass is 32.2. The largest absolute Gasteiger partial charge is 0.453 e. The van der Waals surface area contributed by atoms with Crippen LogP contribution in [-0.2, 0) is 4.79 Å². The fourth-order valence-corrected chi connectivity index (χ4v) is 5.45. The number of para-hydroxylation sites is 1. The zero-order chi connectivity index (χ0) is 26.3. The van der Waals surface area contributed by atoms with E-state index >= 15 is 0 Å². The van der Waals surface area contributed by atoms with E-state index in [2.05, 4.69) is 24.6 Å². The molecule has 11 heteroatoms. The number of benzene rings is 1. The molecule has 5 rings (SSSR count). The Balaban J connectivity index is 1.28. The van der Waals surface area contributed by atoms with Crippen LogP contribution in [0.1, 0.15) is 24.6 Å². The van der Waals surface area contributed by atoms with E-state index in [1.54, 1.807) is 31.4 Å². The second-order valence-electron chi connectivity index (χ2n) is 9.12. The highest BCUT2D eigenvalue weighted by molar-refractivity contribution is 7.99. The molecule has 196 valence electrons. The van der Waals surface area contributed by atoms with Crippen LogP contribution in [0.3, 0.4) is 0 Å². The molecule has 0 saturated carbocycles. The number of rotatable bonds is 9. The van der Waals surface area contributed by atoms with Gasteiger partial charge in [0.25, 0.3) is 0 Å². The molecule has 1 fully saturated rings. The number of anilines is 2. The highest BCUT2D eigenvalue weighted by Gasteiger charge is 2.25. The van der Waals surface area contributed by atoms with Crippen LogP contribution in [-0.4, -0.2) is 68.8 Å². The number of likely N-dealkylation sites (tertiary alicyclic amines) is 1. The molecule has 1 amide bonds. The summed E-state index contributed by atoms with van der Waals surface area (Å²) in [5.74, 6) is 3.12. The third kappa shape index (κ3) is 6.85. The molecule has 0 atom stereocenters. The Morgan fingerprint density at radius 3 is 2.66 bits per heavy atom. The van der Waals surface area contributed by atoms with Crippen molar-refractivity contribution in [2.24, 2.45) is 0 Å². The fraction of sp³-hybridized carbons (Fsp3) is 0.296. The molecule has 9 nitrogen and oxygen atoms in total. The number of nitrogens with one attached hydrogen (secondary N) is 1. The lowest BCUT2D eigenvalue weighted by molar-refractivity contribution is -0.130. The summed E-state index contributed by atoms with van der Waals surface area (Å²) in [4.78, 5) is 30.6. The van der Waals surface area contributed by atoms with Crippen molar-refractivity contribution in [3.05, 3.63) is 72.8 Å². The van der Waals surface area contributed by atoms with Crippen molar-refractivity contribution in [3.8, 4) is 11.5 Å². The number of aromatic nitrogens is 4. The van der Waals surface area contributed by atoms with E-state index in [1.807, 2.05) is 54.6 Å². The second-order valence-corrected chi connectivity index (χ2v) is 11.0. The van der Waals surface area contributed by atoms with Crippen molar-refractivity contribution in [2.75, 3.05) is 39.0 Å². The van der Waals surface area contributed by atoms with Crippen LogP contribution in [0.4, 0.5) is 10.9 Å². The van der Waals surface area contributed by atoms with Crippen LogP contribution in [0, 0.1) is 0 Å². The normalized spacial score (nSPS) is 14.3. The number of carbonyl (C=O) groups excluding carboxylic acids is 1. The Bertz CT molecular complexity index is 1340. The molecule has 0 unspecified atom stereocenters.